The fourth-order valence-corrected chi connectivity index (χ4v) is 3.73. The second-order valence-electron chi connectivity index (χ2n) is 6.30. The van der Waals surface area contributed by atoms with E-state index >= 15 is 0 Å². The summed E-state index contributed by atoms with van der Waals surface area (Å²) in [4.78, 5) is 12.2. The average Bonchev–Trinajstić information content (AvgIpc) is 3.13. The minimum atomic E-state index is 0.0503. The highest BCUT2D eigenvalue weighted by molar-refractivity contribution is 5.85. The maximum absolute atomic E-state index is 12.2. The van der Waals surface area contributed by atoms with E-state index in [1.807, 2.05) is 12.1 Å². The van der Waals surface area contributed by atoms with E-state index in [0.717, 1.165) is 12.0 Å². The van der Waals surface area contributed by atoms with Gasteiger partial charge >= 0.3 is 0 Å². The Balaban J connectivity index is 1.56. The van der Waals surface area contributed by atoms with Crippen molar-refractivity contribution in [2.75, 3.05) is 0 Å². The van der Waals surface area contributed by atoms with Crippen LogP contribution in [0, 0.1) is 28.6 Å². The standard InChI is InChI=1S/C17H19N3O/c1-17-9-3-2-4-14(17)15(17)16(21)20-19-11-13-7-5-12(10-18)6-8-13/h5-8,11,14-15H,2-4,9H2,1H3,(H,20,21)/b19-11+/t14-,15-,17+/m1/s1. The fourth-order valence-electron chi connectivity index (χ4n) is 3.73. The van der Waals surface area contributed by atoms with Crippen LogP contribution in [0.15, 0.2) is 29.4 Å². The van der Waals surface area contributed by atoms with Crippen LogP contribution >= 0.6 is 0 Å². The normalized spacial score (nSPS) is 30.5. The van der Waals surface area contributed by atoms with Gasteiger partial charge in [-0.3, -0.25) is 4.79 Å². The van der Waals surface area contributed by atoms with E-state index in [4.69, 9.17) is 5.26 Å². The molecule has 2 aliphatic carbocycles. The Morgan fingerprint density at radius 3 is 2.81 bits per heavy atom. The third-order valence-corrected chi connectivity index (χ3v) is 5.04. The first kappa shape index (κ1) is 13.8. The number of nitriles is 1. The first-order chi connectivity index (χ1) is 10.1. The Morgan fingerprint density at radius 1 is 1.43 bits per heavy atom. The number of carbonyl (C=O) groups excluding carboxylic acids is 1. The van der Waals surface area contributed by atoms with E-state index in [2.05, 4.69) is 23.5 Å². The van der Waals surface area contributed by atoms with E-state index in [1.54, 1.807) is 18.3 Å². The number of fused-ring (bicyclic) bond motifs is 1. The van der Waals surface area contributed by atoms with Crippen LogP contribution in [0.4, 0.5) is 0 Å². The molecule has 0 aliphatic heterocycles. The lowest BCUT2D eigenvalue weighted by Gasteiger charge is -2.15. The number of hydrogen-bond acceptors (Lipinski definition) is 3. The molecule has 4 heteroatoms. The predicted molar refractivity (Wildman–Crippen MR) is 80.4 cm³/mol. The molecule has 2 fully saturated rings. The number of carbonyl (C=O) groups is 1. The van der Waals surface area contributed by atoms with Gasteiger partial charge in [0.25, 0.3) is 0 Å². The van der Waals surface area contributed by atoms with Gasteiger partial charge in [-0.05, 0) is 41.9 Å². The second-order valence-corrected chi connectivity index (χ2v) is 6.30. The molecule has 3 atom stereocenters. The molecule has 1 aromatic rings. The zero-order chi connectivity index (χ0) is 14.9. The summed E-state index contributed by atoms with van der Waals surface area (Å²) in [6, 6.07) is 9.17. The summed E-state index contributed by atoms with van der Waals surface area (Å²) in [7, 11) is 0. The summed E-state index contributed by atoms with van der Waals surface area (Å²) < 4.78 is 0. The van der Waals surface area contributed by atoms with E-state index in [0.29, 0.717) is 11.5 Å². The Labute approximate surface area is 124 Å². The monoisotopic (exact) mass is 281 g/mol. The third-order valence-electron chi connectivity index (χ3n) is 5.04. The van der Waals surface area contributed by atoms with Gasteiger partial charge < -0.3 is 0 Å². The molecule has 0 aromatic heterocycles. The molecule has 0 spiro atoms. The lowest BCUT2D eigenvalue weighted by molar-refractivity contribution is -0.123. The zero-order valence-electron chi connectivity index (χ0n) is 12.2. The SMILES string of the molecule is C[C@]12CCCC[C@@H]1[C@@H]2C(=O)N/N=C/c1ccc(C#N)cc1. The van der Waals surface area contributed by atoms with Crippen LogP contribution in [0.3, 0.4) is 0 Å². The van der Waals surface area contributed by atoms with Gasteiger partial charge in [0.15, 0.2) is 0 Å². The van der Waals surface area contributed by atoms with Gasteiger partial charge in [-0.25, -0.2) is 5.43 Å². The molecule has 1 aromatic carbocycles. The number of hydrogen-bond donors (Lipinski definition) is 1. The van der Waals surface area contributed by atoms with Crippen molar-refractivity contribution < 1.29 is 4.79 Å². The first-order valence-electron chi connectivity index (χ1n) is 7.48. The molecular formula is C17H19N3O. The molecule has 0 saturated heterocycles. The van der Waals surface area contributed by atoms with Crippen molar-refractivity contribution in [1.82, 2.24) is 5.43 Å². The van der Waals surface area contributed by atoms with Crippen molar-refractivity contribution in [3.05, 3.63) is 35.4 Å². The van der Waals surface area contributed by atoms with Crippen LogP contribution in [0.2, 0.25) is 0 Å². The first-order valence-corrected chi connectivity index (χ1v) is 7.48. The van der Waals surface area contributed by atoms with Crippen molar-refractivity contribution in [3.63, 3.8) is 0 Å². The van der Waals surface area contributed by atoms with Crippen LogP contribution in [0.5, 0.6) is 0 Å². The van der Waals surface area contributed by atoms with Crippen LogP contribution in [-0.2, 0) is 4.79 Å². The molecule has 4 nitrogen and oxygen atoms in total. The molecule has 0 bridgehead atoms. The summed E-state index contributed by atoms with van der Waals surface area (Å²) in [5.74, 6) is 0.740. The maximum Gasteiger partial charge on any atom is 0.244 e. The predicted octanol–water partition coefficient (Wildman–Crippen LogP) is 2.83. The third kappa shape index (κ3) is 2.56. The van der Waals surface area contributed by atoms with Crippen molar-refractivity contribution >= 4 is 12.1 Å². The largest absolute Gasteiger partial charge is 0.273 e. The highest BCUT2D eigenvalue weighted by Gasteiger charge is 2.64. The molecular weight excluding hydrogens is 262 g/mol. The quantitative estimate of drug-likeness (QED) is 0.684. The van der Waals surface area contributed by atoms with E-state index in [-0.39, 0.29) is 17.2 Å². The minimum Gasteiger partial charge on any atom is -0.273 e. The number of rotatable bonds is 3. The number of nitrogens with one attached hydrogen (secondary N) is 1. The Morgan fingerprint density at radius 2 is 2.19 bits per heavy atom. The Kier molecular flexibility index (Phi) is 3.50. The second kappa shape index (κ2) is 5.33. The lowest BCUT2D eigenvalue weighted by Crippen LogP contribution is -2.22. The van der Waals surface area contributed by atoms with Gasteiger partial charge in [-0.1, -0.05) is 31.9 Å². The number of amides is 1. The van der Waals surface area contributed by atoms with E-state index < -0.39 is 0 Å². The fraction of sp³-hybridized carbons (Fsp3) is 0.471. The molecule has 1 N–H and O–H groups in total. The van der Waals surface area contributed by atoms with E-state index in [1.165, 1.54) is 19.3 Å². The number of benzene rings is 1. The van der Waals surface area contributed by atoms with Crippen LogP contribution in [0.25, 0.3) is 0 Å². The van der Waals surface area contributed by atoms with Crippen LogP contribution in [-0.4, -0.2) is 12.1 Å². The topological polar surface area (TPSA) is 65.2 Å². The zero-order valence-corrected chi connectivity index (χ0v) is 12.2. The van der Waals surface area contributed by atoms with Crippen molar-refractivity contribution in [2.24, 2.45) is 22.4 Å². The molecule has 2 saturated carbocycles. The summed E-state index contributed by atoms with van der Waals surface area (Å²) in [6.45, 7) is 2.23. The van der Waals surface area contributed by atoms with Crippen molar-refractivity contribution in [2.45, 2.75) is 32.6 Å². The highest BCUT2D eigenvalue weighted by Crippen LogP contribution is 2.66. The summed E-state index contributed by atoms with van der Waals surface area (Å²) >= 11 is 0. The highest BCUT2D eigenvalue weighted by atomic mass is 16.2. The van der Waals surface area contributed by atoms with Gasteiger partial charge in [0, 0.05) is 5.92 Å². The molecule has 0 radical (unpaired) electrons. The molecule has 0 heterocycles. The summed E-state index contributed by atoms with van der Waals surface area (Å²) in [6.07, 6.45) is 6.44. The smallest absolute Gasteiger partial charge is 0.244 e. The van der Waals surface area contributed by atoms with E-state index in [9.17, 15) is 4.79 Å². The molecule has 21 heavy (non-hydrogen) atoms. The summed E-state index contributed by atoms with van der Waals surface area (Å²) in [5, 5.41) is 12.8. The van der Waals surface area contributed by atoms with Gasteiger partial charge in [-0.15, -0.1) is 0 Å². The maximum atomic E-state index is 12.2. The van der Waals surface area contributed by atoms with Crippen LogP contribution in [0.1, 0.15) is 43.7 Å². The van der Waals surface area contributed by atoms with Crippen molar-refractivity contribution in [3.8, 4) is 6.07 Å². The summed E-state index contributed by atoms with van der Waals surface area (Å²) in [5.41, 5.74) is 4.37. The lowest BCUT2D eigenvalue weighted by atomic mass is 9.90. The number of nitrogens with zero attached hydrogens (tertiary/aromatic N) is 2. The van der Waals surface area contributed by atoms with Crippen molar-refractivity contribution in [1.29, 1.82) is 5.26 Å². The number of hydrazone groups is 1. The van der Waals surface area contributed by atoms with Gasteiger partial charge in [-0.2, -0.15) is 10.4 Å². The molecule has 0 unspecified atom stereocenters. The Hall–Kier alpha value is -2.15. The molecule has 108 valence electrons. The molecule has 2 aliphatic rings. The van der Waals surface area contributed by atoms with Crippen LogP contribution < -0.4 is 5.43 Å². The van der Waals surface area contributed by atoms with Gasteiger partial charge in [0.2, 0.25) is 5.91 Å². The Bertz CT molecular complexity index is 614. The van der Waals surface area contributed by atoms with Gasteiger partial charge in [0.05, 0.1) is 17.8 Å². The molecule has 3 rings (SSSR count). The molecule has 1 amide bonds. The minimum absolute atomic E-state index is 0.0503. The average molecular weight is 281 g/mol. The van der Waals surface area contributed by atoms with Gasteiger partial charge in [0.1, 0.15) is 0 Å².